The number of halogens is 2. The lowest BCUT2D eigenvalue weighted by Gasteiger charge is -2.04. The summed E-state index contributed by atoms with van der Waals surface area (Å²) < 4.78 is 5.66. The van der Waals surface area contributed by atoms with Gasteiger partial charge in [0.15, 0.2) is 0 Å². The van der Waals surface area contributed by atoms with Crippen LogP contribution in [0.25, 0.3) is 0 Å². The summed E-state index contributed by atoms with van der Waals surface area (Å²) in [6.45, 7) is 0. The van der Waals surface area contributed by atoms with Gasteiger partial charge in [-0.25, -0.2) is 4.79 Å². The zero-order valence-electron chi connectivity index (χ0n) is 7.72. The molecule has 0 saturated heterocycles. The molecule has 0 aliphatic carbocycles. The van der Waals surface area contributed by atoms with Gasteiger partial charge in [0.1, 0.15) is 0 Å². The van der Waals surface area contributed by atoms with Crippen LogP contribution in [0.1, 0.15) is 15.9 Å². The van der Waals surface area contributed by atoms with Crippen molar-refractivity contribution in [1.82, 2.24) is 0 Å². The molecule has 0 N–H and O–H groups in total. The zero-order chi connectivity index (χ0) is 10.6. The van der Waals surface area contributed by atoms with E-state index < -0.39 is 0 Å². The standard InChI is InChI=1S/C10H10Br2O2/c1-14-10(13)8-2-3-9(12)7(6-8)4-5-11/h2-3,6H,4-5H2,1H3. The minimum Gasteiger partial charge on any atom is -0.465 e. The van der Waals surface area contributed by atoms with E-state index in [1.54, 1.807) is 6.07 Å². The van der Waals surface area contributed by atoms with Crippen molar-refractivity contribution in [3.63, 3.8) is 0 Å². The number of hydrogen-bond acceptors (Lipinski definition) is 2. The first-order chi connectivity index (χ1) is 6.69. The lowest BCUT2D eigenvalue weighted by atomic mass is 10.1. The molecule has 1 rings (SSSR count). The molecule has 0 bridgehead atoms. The average molecular weight is 322 g/mol. The van der Waals surface area contributed by atoms with Gasteiger partial charge in [0, 0.05) is 9.80 Å². The molecular weight excluding hydrogens is 312 g/mol. The van der Waals surface area contributed by atoms with Gasteiger partial charge in [-0.1, -0.05) is 31.9 Å². The van der Waals surface area contributed by atoms with Crippen LogP contribution < -0.4 is 0 Å². The third kappa shape index (κ3) is 2.82. The fraction of sp³-hybridized carbons (Fsp3) is 0.300. The number of aryl methyl sites for hydroxylation is 1. The molecule has 1 aromatic rings. The second-order valence-corrected chi connectivity index (χ2v) is 4.38. The molecule has 0 amide bonds. The molecule has 76 valence electrons. The van der Waals surface area contributed by atoms with Crippen molar-refractivity contribution in [3.05, 3.63) is 33.8 Å². The predicted molar refractivity (Wildman–Crippen MR) is 63.0 cm³/mol. The van der Waals surface area contributed by atoms with Gasteiger partial charge in [0.25, 0.3) is 0 Å². The normalized spacial score (nSPS) is 9.93. The maximum atomic E-state index is 11.2. The number of methoxy groups -OCH3 is 1. The molecule has 0 atom stereocenters. The van der Waals surface area contributed by atoms with Crippen molar-refractivity contribution < 1.29 is 9.53 Å². The predicted octanol–water partition coefficient (Wildman–Crippen LogP) is 3.17. The van der Waals surface area contributed by atoms with E-state index in [0.29, 0.717) is 5.56 Å². The number of ether oxygens (including phenoxy) is 1. The Balaban J connectivity index is 2.99. The van der Waals surface area contributed by atoms with Crippen molar-refractivity contribution in [2.75, 3.05) is 12.4 Å². The molecule has 0 aliphatic heterocycles. The minimum atomic E-state index is -0.298. The van der Waals surface area contributed by atoms with Gasteiger partial charge in [-0.2, -0.15) is 0 Å². The van der Waals surface area contributed by atoms with Gasteiger partial charge in [-0.05, 0) is 30.2 Å². The van der Waals surface area contributed by atoms with Gasteiger partial charge >= 0.3 is 5.97 Å². The lowest BCUT2D eigenvalue weighted by molar-refractivity contribution is 0.0600. The van der Waals surface area contributed by atoms with Crippen LogP contribution in [0.15, 0.2) is 22.7 Å². The van der Waals surface area contributed by atoms with Crippen molar-refractivity contribution in [3.8, 4) is 0 Å². The van der Waals surface area contributed by atoms with Crippen LogP contribution in [-0.4, -0.2) is 18.4 Å². The highest BCUT2D eigenvalue weighted by molar-refractivity contribution is 9.10. The number of carbonyl (C=O) groups excluding carboxylic acids is 1. The van der Waals surface area contributed by atoms with Gasteiger partial charge in [0.05, 0.1) is 12.7 Å². The Bertz CT molecular complexity index is 337. The molecule has 0 radical (unpaired) electrons. The van der Waals surface area contributed by atoms with E-state index >= 15 is 0 Å². The molecule has 1 aromatic carbocycles. The van der Waals surface area contributed by atoms with E-state index in [-0.39, 0.29) is 5.97 Å². The van der Waals surface area contributed by atoms with E-state index in [9.17, 15) is 4.79 Å². The van der Waals surface area contributed by atoms with E-state index in [2.05, 4.69) is 36.6 Å². The second kappa shape index (κ2) is 5.51. The summed E-state index contributed by atoms with van der Waals surface area (Å²) in [5, 5.41) is 0.871. The Morgan fingerprint density at radius 2 is 2.21 bits per heavy atom. The number of hydrogen-bond donors (Lipinski definition) is 0. The largest absolute Gasteiger partial charge is 0.465 e. The van der Waals surface area contributed by atoms with Crippen LogP contribution in [0.5, 0.6) is 0 Å². The first-order valence-corrected chi connectivity index (χ1v) is 6.03. The molecule has 0 unspecified atom stereocenters. The van der Waals surface area contributed by atoms with Crippen molar-refractivity contribution >= 4 is 37.8 Å². The van der Waals surface area contributed by atoms with Gasteiger partial charge in [0.2, 0.25) is 0 Å². The maximum Gasteiger partial charge on any atom is 0.337 e. The van der Waals surface area contributed by atoms with Crippen molar-refractivity contribution in [2.45, 2.75) is 6.42 Å². The summed E-state index contributed by atoms with van der Waals surface area (Å²) in [5.74, 6) is -0.298. The zero-order valence-corrected chi connectivity index (χ0v) is 10.9. The highest BCUT2D eigenvalue weighted by atomic mass is 79.9. The number of rotatable bonds is 3. The van der Waals surface area contributed by atoms with Crippen molar-refractivity contribution in [2.24, 2.45) is 0 Å². The van der Waals surface area contributed by atoms with Gasteiger partial charge in [-0.15, -0.1) is 0 Å². The Kier molecular flexibility index (Phi) is 4.62. The second-order valence-electron chi connectivity index (χ2n) is 2.74. The smallest absolute Gasteiger partial charge is 0.337 e. The number of alkyl halides is 1. The van der Waals surface area contributed by atoms with Crippen LogP contribution >= 0.6 is 31.9 Å². The molecule has 0 spiro atoms. The number of carbonyl (C=O) groups is 1. The van der Waals surface area contributed by atoms with Crippen LogP contribution in [-0.2, 0) is 11.2 Å². The number of esters is 1. The van der Waals surface area contributed by atoms with E-state index in [4.69, 9.17) is 0 Å². The number of benzene rings is 1. The van der Waals surface area contributed by atoms with Gasteiger partial charge in [-0.3, -0.25) is 0 Å². The molecule has 2 nitrogen and oxygen atoms in total. The topological polar surface area (TPSA) is 26.3 Å². The molecule has 14 heavy (non-hydrogen) atoms. The Labute approximate surface area is 99.9 Å². The van der Waals surface area contributed by atoms with Crippen LogP contribution in [0.4, 0.5) is 0 Å². The first kappa shape index (κ1) is 11.7. The maximum absolute atomic E-state index is 11.2. The van der Waals surface area contributed by atoms with E-state index in [0.717, 1.165) is 21.8 Å². The third-order valence-electron chi connectivity index (χ3n) is 1.83. The highest BCUT2D eigenvalue weighted by Crippen LogP contribution is 2.19. The first-order valence-electron chi connectivity index (χ1n) is 4.11. The molecule has 0 aliphatic rings. The molecule has 0 saturated carbocycles. The summed E-state index contributed by atoms with van der Waals surface area (Å²) >= 11 is 6.79. The van der Waals surface area contributed by atoms with Crippen LogP contribution in [0.3, 0.4) is 0 Å². The summed E-state index contributed by atoms with van der Waals surface area (Å²) in [6.07, 6.45) is 0.880. The summed E-state index contributed by atoms with van der Waals surface area (Å²) in [7, 11) is 1.38. The summed E-state index contributed by atoms with van der Waals surface area (Å²) in [4.78, 5) is 11.2. The molecular formula is C10H10Br2O2. The Morgan fingerprint density at radius 1 is 1.50 bits per heavy atom. The highest BCUT2D eigenvalue weighted by Gasteiger charge is 2.07. The third-order valence-corrected chi connectivity index (χ3v) is 3.00. The molecule has 0 heterocycles. The average Bonchev–Trinajstić information content (AvgIpc) is 2.20. The van der Waals surface area contributed by atoms with Crippen LogP contribution in [0.2, 0.25) is 0 Å². The van der Waals surface area contributed by atoms with E-state index in [1.165, 1.54) is 7.11 Å². The lowest BCUT2D eigenvalue weighted by Crippen LogP contribution is -2.02. The Hall–Kier alpha value is -0.350. The fourth-order valence-corrected chi connectivity index (χ4v) is 1.98. The summed E-state index contributed by atoms with van der Waals surface area (Å²) in [5.41, 5.74) is 1.69. The Morgan fingerprint density at radius 3 is 2.79 bits per heavy atom. The van der Waals surface area contributed by atoms with Gasteiger partial charge < -0.3 is 4.74 Å². The SMILES string of the molecule is COC(=O)c1ccc(Br)c(CCBr)c1. The quantitative estimate of drug-likeness (QED) is 0.631. The summed E-state index contributed by atoms with van der Waals surface area (Å²) in [6, 6.07) is 5.45. The monoisotopic (exact) mass is 320 g/mol. The molecule has 4 heteroatoms. The van der Waals surface area contributed by atoms with Crippen molar-refractivity contribution in [1.29, 1.82) is 0 Å². The fourth-order valence-electron chi connectivity index (χ4n) is 1.11. The van der Waals surface area contributed by atoms with Crippen LogP contribution in [0, 0.1) is 0 Å². The minimum absolute atomic E-state index is 0.298. The molecule has 0 fully saturated rings. The van der Waals surface area contributed by atoms with E-state index in [1.807, 2.05) is 12.1 Å². The molecule has 0 aromatic heterocycles.